The first-order valence-electron chi connectivity index (χ1n) is 9.06. The van der Waals surface area contributed by atoms with Crippen molar-refractivity contribution in [2.45, 2.75) is 0 Å². The van der Waals surface area contributed by atoms with E-state index in [1.165, 1.54) is 6.08 Å². The maximum atomic E-state index is 12.5. The Hall–Kier alpha value is -4.37. The lowest BCUT2D eigenvalue weighted by Gasteiger charge is -2.05. The molecule has 2 N–H and O–H groups in total. The summed E-state index contributed by atoms with van der Waals surface area (Å²) in [5, 5.41) is 10.0. The Morgan fingerprint density at radius 1 is 1.10 bits per heavy atom. The number of terminal acetylenes is 1. The molecule has 0 radical (unpaired) electrons. The minimum atomic E-state index is -0.309. The third kappa shape index (κ3) is 4.54. The Bertz CT molecular complexity index is 1160. The maximum absolute atomic E-state index is 12.5. The van der Waals surface area contributed by atoms with Gasteiger partial charge < -0.3 is 10.6 Å². The number of hydrogen-bond acceptors (Lipinski definition) is 3. The molecule has 0 fully saturated rings. The Kier molecular flexibility index (Phi) is 5.94. The fourth-order valence-electron chi connectivity index (χ4n) is 2.66. The van der Waals surface area contributed by atoms with E-state index in [1.54, 1.807) is 54.2 Å². The number of aromatic nitrogens is 2. The SMILES string of the molecule is C#Cc1ccc(C(=O)Nc2cc(-c3ccc(NC(=O)C(=C)C=C)cc3)nn2C)cc1. The summed E-state index contributed by atoms with van der Waals surface area (Å²) < 4.78 is 1.59. The Morgan fingerprint density at radius 3 is 2.37 bits per heavy atom. The molecule has 0 saturated carbocycles. The topological polar surface area (TPSA) is 76.0 Å². The lowest BCUT2D eigenvalue weighted by atomic mass is 10.1. The minimum Gasteiger partial charge on any atom is -0.322 e. The Labute approximate surface area is 174 Å². The van der Waals surface area contributed by atoms with Crippen molar-refractivity contribution in [1.29, 1.82) is 0 Å². The van der Waals surface area contributed by atoms with E-state index in [4.69, 9.17) is 6.42 Å². The molecule has 148 valence electrons. The number of aryl methyl sites for hydroxylation is 1. The molecule has 1 aromatic heterocycles. The van der Waals surface area contributed by atoms with Crippen LogP contribution in [0, 0.1) is 12.3 Å². The number of amides is 2. The monoisotopic (exact) mass is 396 g/mol. The van der Waals surface area contributed by atoms with Gasteiger partial charge in [0.05, 0.1) is 5.69 Å². The second-order valence-electron chi connectivity index (χ2n) is 6.48. The molecule has 6 nitrogen and oxygen atoms in total. The minimum absolute atomic E-state index is 0.256. The zero-order valence-electron chi connectivity index (χ0n) is 16.5. The van der Waals surface area contributed by atoms with E-state index in [-0.39, 0.29) is 17.4 Å². The first-order valence-corrected chi connectivity index (χ1v) is 9.06. The standard InChI is InChI=1S/C24H20N4O2/c1-5-16(3)23(29)25-20-13-11-18(12-14-20)21-15-22(28(4)27-21)26-24(30)19-9-7-17(6-2)8-10-19/h2,5,7-15H,1,3H2,4H3,(H,25,29)(H,26,30). The molecule has 0 unspecified atom stereocenters. The largest absolute Gasteiger partial charge is 0.322 e. The van der Waals surface area contributed by atoms with Gasteiger partial charge in [-0.05, 0) is 36.4 Å². The highest BCUT2D eigenvalue weighted by atomic mass is 16.2. The first-order chi connectivity index (χ1) is 14.4. The quantitative estimate of drug-likeness (QED) is 0.376. The zero-order chi connectivity index (χ0) is 21.7. The van der Waals surface area contributed by atoms with Crippen molar-refractivity contribution in [3.8, 4) is 23.6 Å². The summed E-state index contributed by atoms with van der Waals surface area (Å²) in [5.74, 6) is 2.50. The van der Waals surface area contributed by atoms with Gasteiger partial charge in [0.2, 0.25) is 0 Å². The van der Waals surface area contributed by atoms with E-state index in [1.807, 2.05) is 12.1 Å². The molecule has 3 rings (SSSR count). The number of carbonyl (C=O) groups excluding carboxylic acids is 2. The molecule has 2 amide bonds. The zero-order valence-corrected chi connectivity index (χ0v) is 16.5. The molecule has 1 heterocycles. The summed E-state index contributed by atoms with van der Waals surface area (Å²) in [5.41, 5.74) is 3.65. The van der Waals surface area contributed by atoms with Gasteiger partial charge in [-0.15, -0.1) is 6.42 Å². The molecule has 2 aromatic carbocycles. The van der Waals surface area contributed by atoms with Crippen LogP contribution in [0.15, 0.2) is 79.4 Å². The fourth-order valence-corrected chi connectivity index (χ4v) is 2.66. The molecular formula is C24H20N4O2. The second-order valence-corrected chi connectivity index (χ2v) is 6.48. The number of rotatable bonds is 6. The van der Waals surface area contributed by atoms with E-state index < -0.39 is 0 Å². The number of carbonyl (C=O) groups is 2. The molecule has 0 bridgehead atoms. The highest BCUT2D eigenvalue weighted by molar-refractivity contribution is 6.05. The predicted octanol–water partition coefficient (Wildman–Crippen LogP) is 4.00. The average Bonchev–Trinajstić information content (AvgIpc) is 3.13. The summed E-state index contributed by atoms with van der Waals surface area (Å²) >= 11 is 0. The summed E-state index contributed by atoms with van der Waals surface area (Å²) in [7, 11) is 1.75. The van der Waals surface area contributed by atoms with Gasteiger partial charge in [-0.1, -0.05) is 37.3 Å². The third-order valence-electron chi connectivity index (χ3n) is 4.41. The summed E-state index contributed by atoms with van der Waals surface area (Å²) in [4.78, 5) is 24.3. The van der Waals surface area contributed by atoms with Crippen LogP contribution in [0.2, 0.25) is 0 Å². The first kappa shape index (κ1) is 20.4. The van der Waals surface area contributed by atoms with Gasteiger partial charge in [0, 0.05) is 41.1 Å². The van der Waals surface area contributed by atoms with Crippen molar-refractivity contribution in [2.24, 2.45) is 7.05 Å². The number of benzene rings is 2. The smallest absolute Gasteiger partial charge is 0.256 e. The highest BCUT2D eigenvalue weighted by Gasteiger charge is 2.12. The van der Waals surface area contributed by atoms with Crippen LogP contribution in [0.5, 0.6) is 0 Å². The van der Waals surface area contributed by atoms with Crippen molar-refractivity contribution in [2.75, 3.05) is 10.6 Å². The lowest BCUT2D eigenvalue weighted by molar-refractivity contribution is -0.112. The molecule has 0 atom stereocenters. The van der Waals surface area contributed by atoms with E-state index in [2.05, 4.69) is 34.8 Å². The van der Waals surface area contributed by atoms with E-state index in [0.717, 1.165) is 5.56 Å². The number of anilines is 2. The van der Waals surface area contributed by atoms with Crippen LogP contribution in [0.1, 0.15) is 15.9 Å². The van der Waals surface area contributed by atoms with Crippen molar-refractivity contribution in [1.82, 2.24) is 9.78 Å². The van der Waals surface area contributed by atoms with Gasteiger partial charge in [0.25, 0.3) is 11.8 Å². The van der Waals surface area contributed by atoms with Gasteiger partial charge in [0.1, 0.15) is 5.82 Å². The van der Waals surface area contributed by atoms with Crippen LogP contribution in [-0.4, -0.2) is 21.6 Å². The molecule has 6 heteroatoms. The van der Waals surface area contributed by atoms with E-state index in [0.29, 0.717) is 28.3 Å². The second kappa shape index (κ2) is 8.76. The van der Waals surface area contributed by atoms with Gasteiger partial charge in [-0.2, -0.15) is 5.10 Å². The van der Waals surface area contributed by atoms with Crippen molar-refractivity contribution in [3.63, 3.8) is 0 Å². The molecule has 30 heavy (non-hydrogen) atoms. The predicted molar refractivity (Wildman–Crippen MR) is 119 cm³/mol. The summed E-state index contributed by atoms with van der Waals surface area (Å²) in [6.07, 6.45) is 6.74. The van der Waals surface area contributed by atoms with Crippen molar-refractivity contribution in [3.05, 3.63) is 90.5 Å². The number of nitrogens with zero attached hydrogens (tertiary/aromatic N) is 2. The van der Waals surface area contributed by atoms with Crippen LogP contribution in [-0.2, 0) is 11.8 Å². The molecule has 0 aliphatic rings. The van der Waals surface area contributed by atoms with Gasteiger partial charge in [0.15, 0.2) is 0 Å². The molecule has 0 spiro atoms. The number of nitrogens with one attached hydrogen (secondary N) is 2. The lowest BCUT2D eigenvalue weighted by Crippen LogP contribution is -2.14. The van der Waals surface area contributed by atoms with Gasteiger partial charge >= 0.3 is 0 Å². The third-order valence-corrected chi connectivity index (χ3v) is 4.41. The molecule has 0 aliphatic heterocycles. The van der Waals surface area contributed by atoms with Crippen molar-refractivity contribution >= 4 is 23.3 Å². The Morgan fingerprint density at radius 2 is 1.77 bits per heavy atom. The van der Waals surface area contributed by atoms with Gasteiger partial charge in [-0.25, -0.2) is 0 Å². The average molecular weight is 396 g/mol. The van der Waals surface area contributed by atoms with Crippen LogP contribution in [0.4, 0.5) is 11.5 Å². The fraction of sp³-hybridized carbons (Fsp3) is 0.0417. The van der Waals surface area contributed by atoms with Crippen LogP contribution < -0.4 is 10.6 Å². The van der Waals surface area contributed by atoms with Crippen LogP contribution in [0.3, 0.4) is 0 Å². The maximum Gasteiger partial charge on any atom is 0.256 e. The van der Waals surface area contributed by atoms with E-state index >= 15 is 0 Å². The molecule has 3 aromatic rings. The van der Waals surface area contributed by atoms with Crippen LogP contribution in [0.25, 0.3) is 11.3 Å². The Balaban J connectivity index is 1.73. The highest BCUT2D eigenvalue weighted by Crippen LogP contribution is 2.23. The normalized spacial score (nSPS) is 10.0. The summed E-state index contributed by atoms with van der Waals surface area (Å²) in [6.45, 7) is 7.14. The summed E-state index contributed by atoms with van der Waals surface area (Å²) in [6, 6.07) is 15.8. The van der Waals surface area contributed by atoms with Crippen molar-refractivity contribution < 1.29 is 9.59 Å². The number of hydrogen-bond donors (Lipinski definition) is 2. The molecular weight excluding hydrogens is 376 g/mol. The van der Waals surface area contributed by atoms with E-state index in [9.17, 15) is 9.59 Å². The van der Waals surface area contributed by atoms with Crippen LogP contribution >= 0.6 is 0 Å². The molecule has 0 saturated heterocycles. The van der Waals surface area contributed by atoms with Gasteiger partial charge in [-0.3, -0.25) is 14.3 Å². The molecule has 0 aliphatic carbocycles.